The van der Waals surface area contributed by atoms with Gasteiger partial charge in [-0.25, -0.2) is 0 Å². The van der Waals surface area contributed by atoms with Gasteiger partial charge in [0, 0.05) is 19.0 Å². The lowest BCUT2D eigenvalue weighted by atomic mass is 9.96. The highest BCUT2D eigenvalue weighted by Gasteiger charge is 2.34. The molecule has 0 aromatic carbocycles. The van der Waals surface area contributed by atoms with Gasteiger partial charge in [-0.15, -0.1) is 12.4 Å². The molecule has 18 heavy (non-hydrogen) atoms. The van der Waals surface area contributed by atoms with Crippen molar-refractivity contribution >= 4 is 18.3 Å². The predicted octanol–water partition coefficient (Wildman–Crippen LogP) is 2.06. The molecule has 1 saturated heterocycles. The van der Waals surface area contributed by atoms with E-state index in [1.54, 1.807) is 0 Å². The molecular weight excluding hydrogens is 248 g/mol. The second-order valence-corrected chi connectivity index (χ2v) is 6.15. The average Bonchev–Trinajstić information content (AvgIpc) is 3.23. The third kappa shape index (κ3) is 3.86. The van der Waals surface area contributed by atoms with E-state index < -0.39 is 0 Å². The zero-order valence-corrected chi connectivity index (χ0v) is 11.9. The normalized spacial score (nSPS) is 24.4. The highest BCUT2D eigenvalue weighted by atomic mass is 35.5. The van der Waals surface area contributed by atoms with Crippen molar-refractivity contribution in [3.63, 3.8) is 0 Å². The number of carbonyl (C=O) groups is 1. The zero-order chi connectivity index (χ0) is 11.7. The lowest BCUT2D eigenvalue weighted by Crippen LogP contribution is -2.42. The Kier molecular flexibility index (Phi) is 4.91. The molecule has 3 aliphatic rings. The second kappa shape index (κ2) is 6.25. The van der Waals surface area contributed by atoms with Gasteiger partial charge >= 0.3 is 0 Å². The van der Waals surface area contributed by atoms with Crippen LogP contribution in [0.15, 0.2) is 0 Å². The summed E-state index contributed by atoms with van der Waals surface area (Å²) in [7, 11) is 0. The maximum Gasteiger partial charge on any atom is 0.225 e. The van der Waals surface area contributed by atoms with E-state index in [0.717, 1.165) is 50.9 Å². The van der Waals surface area contributed by atoms with Crippen LogP contribution in [0.5, 0.6) is 0 Å². The van der Waals surface area contributed by atoms with Crippen LogP contribution in [0.25, 0.3) is 0 Å². The van der Waals surface area contributed by atoms with Crippen LogP contribution in [0.3, 0.4) is 0 Å². The van der Waals surface area contributed by atoms with Crippen molar-refractivity contribution in [3.8, 4) is 0 Å². The van der Waals surface area contributed by atoms with Crippen molar-refractivity contribution in [2.24, 2.45) is 17.8 Å². The SMILES string of the molecule is Cl.O=C(C1CCNCC1)N(CC1CC1)CC1CC1. The van der Waals surface area contributed by atoms with Crippen LogP contribution in [0.2, 0.25) is 0 Å². The molecule has 2 aliphatic carbocycles. The molecule has 104 valence electrons. The highest BCUT2D eigenvalue weighted by Crippen LogP contribution is 2.34. The van der Waals surface area contributed by atoms with Crippen LogP contribution in [-0.2, 0) is 4.79 Å². The van der Waals surface area contributed by atoms with Gasteiger partial charge in [-0.1, -0.05) is 0 Å². The van der Waals surface area contributed by atoms with E-state index >= 15 is 0 Å². The summed E-state index contributed by atoms with van der Waals surface area (Å²) in [5.41, 5.74) is 0. The summed E-state index contributed by atoms with van der Waals surface area (Å²) in [5, 5.41) is 3.34. The molecule has 3 fully saturated rings. The summed E-state index contributed by atoms with van der Waals surface area (Å²) in [6.45, 7) is 4.16. The van der Waals surface area contributed by atoms with Crippen molar-refractivity contribution < 1.29 is 4.79 Å². The molecule has 0 bridgehead atoms. The molecule has 4 heteroatoms. The van der Waals surface area contributed by atoms with Crippen LogP contribution in [0, 0.1) is 17.8 Å². The first-order valence-corrected chi connectivity index (χ1v) is 7.32. The Morgan fingerprint density at radius 2 is 1.44 bits per heavy atom. The molecule has 1 N–H and O–H groups in total. The van der Waals surface area contributed by atoms with Gasteiger partial charge in [0.1, 0.15) is 0 Å². The van der Waals surface area contributed by atoms with E-state index in [0.29, 0.717) is 11.8 Å². The van der Waals surface area contributed by atoms with Crippen molar-refractivity contribution in [2.45, 2.75) is 38.5 Å². The van der Waals surface area contributed by atoms with E-state index in [9.17, 15) is 4.79 Å². The zero-order valence-electron chi connectivity index (χ0n) is 11.1. The average molecular weight is 273 g/mol. The van der Waals surface area contributed by atoms with Crippen LogP contribution in [0.4, 0.5) is 0 Å². The van der Waals surface area contributed by atoms with Crippen molar-refractivity contribution in [3.05, 3.63) is 0 Å². The smallest absolute Gasteiger partial charge is 0.225 e. The number of rotatable bonds is 5. The molecule has 0 atom stereocenters. The Morgan fingerprint density at radius 3 is 1.89 bits per heavy atom. The van der Waals surface area contributed by atoms with Crippen molar-refractivity contribution in [2.75, 3.05) is 26.2 Å². The summed E-state index contributed by atoms with van der Waals surface area (Å²) in [6, 6.07) is 0. The summed E-state index contributed by atoms with van der Waals surface area (Å²) in [4.78, 5) is 14.7. The van der Waals surface area contributed by atoms with Gasteiger partial charge in [-0.05, 0) is 63.5 Å². The molecule has 1 amide bonds. The first-order valence-electron chi connectivity index (χ1n) is 7.32. The van der Waals surface area contributed by atoms with Crippen LogP contribution < -0.4 is 5.32 Å². The number of nitrogens with one attached hydrogen (secondary N) is 1. The van der Waals surface area contributed by atoms with Gasteiger partial charge in [-0.3, -0.25) is 4.79 Å². The number of halogens is 1. The van der Waals surface area contributed by atoms with Gasteiger partial charge in [0.15, 0.2) is 0 Å². The Hall–Kier alpha value is -0.280. The first-order chi connectivity index (χ1) is 8.33. The van der Waals surface area contributed by atoms with Crippen molar-refractivity contribution in [1.82, 2.24) is 10.2 Å². The molecule has 3 rings (SSSR count). The molecule has 0 unspecified atom stereocenters. The molecule has 0 aromatic heterocycles. The second-order valence-electron chi connectivity index (χ2n) is 6.15. The van der Waals surface area contributed by atoms with E-state index in [1.807, 2.05) is 0 Å². The number of carbonyl (C=O) groups excluding carboxylic acids is 1. The molecule has 2 saturated carbocycles. The Morgan fingerprint density at radius 1 is 0.944 bits per heavy atom. The van der Waals surface area contributed by atoms with Crippen LogP contribution in [0.1, 0.15) is 38.5 Å². The van der Waals surface area contributed by atoms with E-state index in [4.69, 9.17) is 0 Å². The van der Waals surface area contributed by atoms with E-state index in [-0.39, 0.29) is 12.4 Å². The fraction of sp³-hybridized carbons (Fsp3) is 0.929. The van der Waals surface area contributed by atoms with Gasteiger partial charge in [-0.2, -0.15) is 0 Å². The number of hydrogen-bond acceptors (Lipinski definition) is 2. The number of hydrogen-bond donors (Lipinski definition) is 1. The fourth-order valence-corrected chi connectivity index (χ4v) is 2.81. The predicted molar refractivity (Wildman–Crippen MR) is 74.9 cm³/mol. The fourth-order valence-electron chi connectivity index (χ4n) is 2.81. The lowest BCUT2D eigenvalue weighted by Gasteiger charge is -2.30. The van der Waals surface area contributed by atoms with Gasteiger partial charge in [0.2, 0.25) is 5.91 Å². The Labute approximate surface area is 116 Å². The Bertz CT molecular complexity index is 270. The molecular formula is C14H25ClN2O. The first kappa shape index (κ1) is 14.1. The summed E-state index contributed by atoms with van der Waals surface area (Å²) in [5.74, 6) is 2.44. The quantitative estimate of drug-likeness (QED) is 0.831. The summed E-state index contributed by atoms with van der Waals surface area (Å²) < 4.78 is 0. The minimum Gasteiger partial charge on any atom is -0.342 e. The monoisotopic (exact) mass is 272 g/mol. The molecule has 3 nitrogen and oxygen atoms in total. The van der Waals surface area contributed by atoms with Crippen molar-refractivity contribution in [1.29, 1.82) is 0 Å². The number of nitrogens with zero attached hydrogens (tertiary/aromatic N) is 1. The lowest BCUT2D eigenvalue weighted by molar-refractivity contribution is -0.136. The maximum atomic E-state index is 12.5. The molecule has 1 aliphatic heterocycles. The highest BCUT2D eigenvalue weighted by molar-refractivity contribution is 5.85. The number of piperidine rings is 1. The molecule has 0 aromatic rings. The topological polar surface area (TPSA) is 32.3 Å². The summed E-state index contributed by atoms with van der Waals surface area (Å²) in [6.07, 6.45) is 7.48. The van der Waals surface area contributed by atoms with Gasteiger partial charge in [0.25, 0.3) is 0 Å². The van der Waals surface area contributed by atoms with E-state index in [1.165, 1.54) is 25.7 Å². The van der Waals surface area contributed by atoms with Crippen LogP contribution >= 0.6 is 12.4 Å². The van der Waals surface area contributed by atoms with Crippen LogP contribution in [-0.4, -0.2) is 37.0 Å². The molecule has 1 heterocycles. The third-order valence-corrected chi connectivity index (χ3v) is 4.35. The third-order valence-electron chi connectivity index (χ3n) is 4.35. The summed E-state index contributed by atoms with van der Waals surface area (Å²) >= 11 is 0. The van der Waals surface area contributed by atoms with Gasteiger partial charge < -0.3 is 10.2 Å². The number of amides is 1. The molecule has 0 radical (unpaired) electrons. The minimum absolute atomic E-state index is 0. The standard InChI is InChI=1S/C14H24N2O.ClH/c17-14(13-5-7-15-8-6-13)16(9-11-1-2-11)10-12-3-4-12;/h11-13,15H,1-10H2;1H. The minimum atomic E-state index is 0. The van der Waals surface area contributed by atoms with Gasteiger partial charge in [0.05, 0.1) is 0 Å². The van der Waals surface area contributed by atoms with E-state index in [2.05, 4.69) is 10.2 Å². The Balaban J connectivity index is 0.00000120. The molecule has 0 spiro atoms. The maximum absolute atomic E-state index is 12.5. The largest absolute Gasteiger partial charge is 0.342 e.